The highest BCUT2D eigenvalue weighted by molar-refractivity contribution is 5.63. The van der Waals surface area contributed by atoms with Crippen molar-refractivity contribution in [1.29, 1.82) is 0 Å². The predicted molar refractivity (Wildman–Crippen MR) is 99.4 cm³/mol. The van der Waals surface area contributed by atoms with Crippen LogP contribution in [0.4, 0.5) is 5.82 Å². The summed E-state index contributed by atoms with van der Waals surface area (Å²) in [4.78, 5) is 4.19. The van der Waals surface area contributed by atoms with Crippen LogP contribution in [0.1, 0.15) is 5.56 Å². The van der Waals surface area contributed by atoms with E-state index in [4.69, 9.17) is 5.10 Å². The summed E-state index contributed by atoms with van der Waals surface area (Å²) in [5, 5.41) is 8.22. The smallest absolute Gasteiger partial charge is 0.130 e. The minimum Gasteiger partial charge on any atom is -0.366 e. The predicted octanol–water partition coefficient (Wildman–Crippen LogP) is 4.35. The summed E-state index contributed by atoms with van der Waals surface area (Å²) >= 11 is 0. The molecule has 2 aromatic carbocycles. The molecule has 4 aromatic rings. The van der Waals surface area contributed by atoms with Crippen molar-refractivity contribution in [2.45, 2.75) is 6.54 Å². The standard InChI is InChI=1S/C21H17N4/c1-3-8-17(9-4-1)15-23-21-14-20(18-10-7-13-22-16-18)24-25(21)19-11-5-2-6-12-19/h1-11,13-14,16,23H,15H2. The Balaban J connectivity index is 1.69. The van der Waals surface area contributed by atoms with E-state index in [0.29, 0.717) is 0 Å². The zero-order valence-electron chi connectivity index (χ0n) is 13.6. The molecule has 0 bridgehead atoms. The van der Waals surface area contributed by atoms with E-state index >= 15 is 0 Å². The first kappa shape index (κ1) is 15.1. The van der Waals surface area contributed by atoms with Crippen molar-refractivity contribution in [2.75, 3.05) is 5.32 Å². The molecule has 0 saturated heterocycles. The molecular formula is C21H17N4. The molecular weight excluding hydrogens is 308 g/mol. The lowest BCUT2D eigenvalue weighted by Gasteiger charge is -2.09. The minimum atomic E-state index is 0.728. The van der Waals surface area contributed by atoms with E-state index in [1.807, 2.05) is 71.5 Å². The highest BCUT2D eigenvalue weighted by Crippen LogP contribution is 2.24. The summed E-state index contributed by atoms with van der Waals surface area (Å²) in [6, 6.07) is 27.3. The molecule has 0 aliphatic carbocycles. The van der Waals surface area contributed by atoms with Gasteiger partial charge in [-0.3, -0.25) is 4.98 Å². The summed E-state index contributed by atoms with van der Waals surface area (Å²) in [5.41, 5.74) is 3.98. The fourth-order valence-electron chi connectivity index (χ4n) is 2.65. The van der Waals surface area contributed by atoms with Gasteiger partial charge < -0.3 is 5.32 Å². The number of anilines is 1. The Morgan fingerprint density at radius 2 is 1.84 bits per heavy atom. The van der Waals surface area contributed by atoms with E-state index in [1.54, 1.807) is 6.20 Å². The van der Waals surface area contributed by atoms with Crippen LogP contribution < -0.4 is 5.32 Å². The molecule has 2 heterocycles. The molecule has 121 valence electrons. The van der Waals surface area contributed by atoms with Gasteiger partial charge in [-0.2, -0.15) is 5.10 Å². The van der Waals surface area contributed by atoms with Gasteiger partial charge in [-0.1, -0.05) is 48.5 Å². The normalized spacial score (nSPS) is 10.6. The van der Waals surface area contributed by atoms with Crippen molar-refractivity contribution >= 4 is 5.82 Å². The monoisotopic (exact) mass is 325 g/mol. The van der Waals surface area contributed by atoms with E-state index in [0.717, 1.165) is 29.3 Å². The van der Waals surface area contributed by atoms with Gasteiger partial charge in [-0.05, 0) is 23.8 Å². The first-order chi connectivity index (χ1) is 12.4. The Morgan fingerprint density at radius 3 is 2.60 bits per heavy atom. The summed E-state index contributed by atoms with van der Waals surface area (Å²) in [6.07, 6.45) is 3.59. The third kappa shape index (κ3) is 3.43. The van der Waals surface area contributed by atoms with Crippen LogP contribution in [0, 0.1) is 6.07 Å². The number of nitrogens with zero attached hydrogens (tertiary/aromatic N) is 3. The molecule has 0 amide bonds. The average molecular weight is 325 g/mol. The summed E-state index contributed by atoms with van der Waals surface area (Å²) in [7, 11) is 0. The van der Waals surface area contributed by atoms with Gasteiger partial charge in [0.2, 0.25) is 0 Å². The second-order valence-electron chi connectivity index (χ2n) is 5.66. The van der Waals surface area contributed by atoms with Crippen LogP contribution in [0.25, 0.3) is 16.9 Å². The quantitative estimate of drug-likeness (QED) is 0.593. The highest BCUT2D eigenvalue weighted by Gasteiger charge is 2.11. The molecule has 25 heavy (non-hydrogen) atoms. The van der Waals surface area contributed by atoms with Crippen LogP contribution in [0.5, 0.6) is 0 Å². The number of para-hydroxylation sites is 1. The van der Waals surface area contributed by atoms with Gasteiger partial charge in [0.15, 0.2) is 0 Å². The van der Waals surface area contributed by atoms with Crippen LogP contribution in [-0.2, 0) is 6.54 Å². The van der Waals surface area contributed by atoms with Crippen LogP contribution in [-0.4, -0.2) is 14.8 Å². The van der Waals surface area contributed by atoms with Crippen molar-refractivity contribution in [3.05, 3.63) is 96.8 Å². The van der Waals surface area contributed by atoms with Crippen molar-refractivity contribution < 1.29 is 0 Å². The average Bonchev–Trinajstić information content (AvgIpc) is 3.13. The molecule has 0 aliphatic heterocycles. The van der Waals surface area contributed by atoms with Crippen molar-refractivity contribution in [3.8, 4) is 16.9 Å². The second kappa shape index (κ2) is 7.01. The molecule has 0 fully saturated rings. The van der Waals surface area contributed by atoms with E-state index < -0.39 is 0 Å². The zero-order valence-corrected chi connectivity index (χ0v) is 13.6. The van der Waals surface area contributed by atoms with Gasteiger partial charge in [-0.15, -0.1) is 0 Å². The SMILES string of the molecule is [c]1ccccc1-n1nc(-c2cccnc2)cc1NCc1ccccc1. The Labute approximate surface area is 146 Å². The molecule has 4 rings (SSSR count). The molecule has 0 atom stereocenters. The summed E-state index contributed by atoms with van der Waals surface area (Å²) < 4.78 is 1.88. The molecule has 4 heteroatoms. The van der Waals surface area contributed by atoms with Gasteiger partial charge in [0.1, 0.15) is 5.82 Å². The van der Waals surface area contributed by atoms with Crippen LogP contribution in [0.3, 0.4) is 0 Å². The Kier molecular flexibility index (Phi) is 4.25. The molecule has 0 spiro atoms. The lowest BCUT2D eigenvalue weighted by Crippen LogP contribution is -2.06. The third-order valence-electron chi connectivity index (χ3n) is 3.90. The molecule has 4 nitrogen and oxygen atoms in total. The Morgan fingerprint density at radius 1 is 0.960 bits per heavy atom. The molecule has 1 N–H and O–H groups in total. The fourth-order valence-corrected chi connectivity index (χ4v) is 2.65. The zero-order chi connectivity index (χ0) is 16.9. The third-order valence-corrected chi connectivity index (χ3v) is 3.90. The van der Waals surface area contributed by atoms with Gasteiger partial charge in [0.05, 0.1) is 11.4 Å². The van der Waals surface area contributed by atoms with Crippen molar-refractivity contribution in [1.82, 2.24) is 14.8 Å². The summed E-state index contributed by atoms with van der Waals surface area (Å²) in [5.74, 6) is 0.921. The molecule has 2 aromatic heterocycles. The van der Waals surface area contributed by atoms with E-state index in [9.17, 15) is 0 Å². The maximum Gasteiger partial charge on any atom is 0.130 e. The molecule has 0 aliphatic rings. The van der Waals surface area contributed by atoms with E-state index in [1.165, 1.54) is 5.56 Å². The number of nitrogens with one attached hydrogen (secondary N) is 1. The highest BCUT2D eigenvalue weighted by atomic mass is 15.3. The van der Waals surface area contributed by atoms with Crippen molar-refractivity contribution in [2.24, 2.45) is 0 Å². The van der Waals surface area contributed by atoms with Crippen LogP contribution in [0.15, 0.2) is 85.2 Å². The van der Waals surface area contributed by atoms with Gasteiger partial charge in [0.25, 0.3) is 0 Å². The number of hydrogen-bond donors (Lipinski definition) is 1. The van der Waals surface area contributed by atoms with E-state index in [-0.39, 0.29) is 0 Å². The topological polar surface area (TPSA) is 42.7 Å². The number of hydrogen-bond acceptors (Lipinski definition) is 3. The largest absolute Gasteiger partial charge is 0.366 e. The lowest BCUT2D eigenvalue weighted by atomic mass is 10.2. The Bertz CT molecular complexity index is 932. The summed E-state index contributed by atoms with van der Waals surface area (Å²) in [6.45, 7) is 0.728. The molecule has 0 unspecified atom stereocenters. The van der Waals surface area contributed by atoms with Crippen molar-refractivity contribution in [3.63, 3.8) is 0 Å². The maximum absolute atomic E-state index is 4.75. The number of pyridine rings is 1. The van der Waals surface area contributed by atoms with Gasteiger partial charge in [-0.25, -0.2) is 4.68 Å². The van der Waals surface area contributed by atoms with Gasteiger partial charge >= 0.3 is 0 Å². The minimum absolute atomic E-state index is 0.728. The number of rotatable bonds is 5. The first-order valence-corrected chi connectivity index (χ1v) is 8.15. The van der Waals surface area contributed by atoms with Crippen LogP contribution >= 0.6 is 0 Å². The fraction of sp³-hybridized carbons (Fsp3) is 0.0476. The van der Waals surface area contributed by atoms with Gasteiger partial charge in [0, 0.05) is 36.6 Å². The Hall–Kier alpha value is -3.40. The molecule has 1 radical (unpaired) electrons. The van der Waals surface area contributed by atoms with E-state index in [2.05, 4.69) is 28.5 Å². The maximum atomic E-state index is 4.75. The molecule has 0 saturated carbocycles. The second-order valence-corrected chi connectivity index (χ2v) is 5.66. The number of benzene rings is 2. The lowest BCUT2D eigenvalue weighted by molar-refractivity contribution is 0.876. The first-order valence-electron chi connectivity index (χ1n) is 8.15. The number of aromatic nitrogens is 3. The van der Waals surface area contributed by atoms with Crippen LogP contribution in [0.2, 0.25) is 0 Å².